The van der Waals surface area contributed by atoms with Crippen LogP contribution in [0.2, 0.25) is 0 Å². The van der Waals surface area contributed by atoms with Gasteiger partial charge in [0.2, 0.25) is 11.9 Å². The monoisotopic (exact) mass is 311 g/mol. The van der Waals surface area contributed by atoms with Crippen molar-refractivity contribution in [2.75, 3.05) is 5.32 Å². The van der Waals surface area contributed by atoms with Gasteiger partial charge in [-0.2, -0.15) is 9.67 Å². The fourth-order valence-corrected chi connectivity index (χ4v) is 2.12. The van der Waals surface area contributed by atoms with Crippen molar-refractivity contribution in [2.45, 2.75) is 26.3 Å². The highest BCUT2D eigenvalue weighted by Gasteiger charge is 2.16. The van der Waals surface area contributed by atoms with E-state index in [2.05, 4.69) is 20.4 Å². The van der Waals surface area contributed by atoms with Gasteiger partial charge in [-0.25, -0.2) is 0 Å². The molecular weight excluding hydrogens is 294 g/mol. The second-order valence-corrected chi connectivity index (χ2v) is 4.99. The maximum absolute atomic E-state index is 12.3. The molecule has 0 radical (unpaired) electrons. The number of carbonyl (C=O) groups excluding carboxylic acids is 1. The maximum atomic E-state index is 12.3. The number of rotatable bonds is 6. The summed E-state index contributed by atoms with van der Waals surface area (Å²) in [5, 5.41) is 7.42. The molecule has 0 saturated carbocycles. The van der Waals surface area contributed by atoms with E-state index in [0.717, 1.165) is 17.7 Å². The summed E-state index contributed by atoms with van der Waals surface area (Å²) < 4.78 is 6.59. The van der Waals surface area contributed by atoms with Crippen molar-refractivity contribution in [1.29, 1.82) is 0 Å². The highest BCUT2D eigenvalue weighted by Crippen LogP contribution is 2.18. The van der Waals surface area contributed by atoms with Crippen molar-refractivity contribution in [3.8, 4) is 11.4 Å². The van der Waals surface area contributed by atoms with E-state index in [4.69, 9.17) is 4.42 Å². The predicted molar refractivity (Wildman–Crippen MR) is 84.8 cm³/mol. The molecule has 0 bridgehead atoms. The van der Waals surface area contributed by atoms with Gasteiger partial charge in [0.05, 0.1) is 12.8 Å². The molecule has 0 amide bonds. The Bertz CT molecular complexity index is 765. The zero-order valence-electron chi connectivity index (χ0n) is 12.8. The van der Waals surface area contributed by atoms with Crippen LogP contribution in [0.4, 0.5) is 5.95 Å². The largest absolute Gasteiger partial charge is 0.467 e. The smallest absolute Gasteiger partial charge is 0.250 e. The van der Waals surface area contributed by atoms with Crippen molar-refractivity contribution in [3.05, 3.63) is 48.7 Å². The second kappa shape index (κ2) is 6.87. The van der Waals surface area contributed by atoms with Gasteiger partial charge in [0.25, 0.3) is 0 Å². The minimum Gasteiger partial charge on any atom is -0.467 e. The molecule has 0 fully saturated rings. The number of hydrogen-bond donors (Lipinski definition) is 1. The van der Waals surface area contributed by atoms with Crippen LogP contribution in [0.15, 0.2) is 47.3 Å². The summed E-state index contributed by atoms with van der Waals surface area (Å²) in [7, 11) is 0. The number of anilines is 1. The standard InChI is InChI=1S/C16H17N5O2/c1-2-5-14(22)21-16(18-11-13-7-4-9-23-13)19-15(20-21)12-6-3-8-17-10-12/h3-4,6-10H,2,5,11H2,1H3,(H,18,19,20). The van der Waals surface area contributed by atoms with E-state index in [1.807, 2.05) is 25.1 Å². The van der Waals surface area contributed by atoms with Crippen LogP contribution < -0.4 is 5.32 Å². The first-order valence-corrected chi connectivity index (χ1v) is 7.45. The van der Waals surface area contributed by atoms with Crippen LogP contribution in [-0.2, 0) is 6.54 Å². The van der Waals surface area contributed by atoms with Crippen LogP contribution in [0, 0.1) is 0 Å². The summed E-state index contributed by atoms with van der Waals surface area (Å²) in [5.74, 6) is 1.52. The molecular formula is C16H17N5O2. The molecule has 0 saturated heterocycles. The summed E-state index contributed by atoms with van der Waals surface area (Å²) in [5.41, 5.74) is 0.761. The Kier molecular flexibility index (Phi) is 4.46. The van der Waals surface area contributed by atoms with Gasteiger partial charge >= 0.3 is 0 Å². The maximum Gasteiger partial charge on any atom is 0.250 e. The van der Waals surface area contributed by atoms with Crippen molar-refractivity contribution in [1.82, 2.24) is 19.7 Å². The van der Waals surface area contributed by atoms with E-state index in [1.165, 1.54) is 4.68 Å². The predicted octanol–water partition coefficient (Wildman–Crippen LogP) is 2.99. The SMILES string of the molecule is CCCC(=O)n1nc(-c2cccnc2)nc1NCc1ccco1. The molecule has 3 rings (SSSR count). The summed E-state index contributed by atoms with van der Waals surface area (Å²) >= 11 is 0. The number of carbonyl (C=O) groups is 1. The Balaban J connectivity index is 1.88. The Morgan fingerprint density at radius 3 is 2.96 bits per heavy atom. The van der Waals surface area contributed by atoms with Crippen molar-refractivity contribution in [2.24, 2.45) is 0 Å². The van der Waals surface area contributed by atoms with Crippen molar-refractivity contribution in [3.63, 3.8) is 0 Å². The number of furan rings is 1. The number of hydrogen-bond acceptors (Lipinski definition) is 6. The van der Waals surface area contributed by atoms with Crippen LogP contribution in [0.25, 0.3) is 11.4 Å². The lowest BCUT2D eigenvalue weighted by Crippen LogP contribution is -2.16. The van der Waals surface area contributed by atoms with Crippen molar-refractivity contribution < 1.29 is 9.21 Å². The molecule has 0 aliphatic heterocycles. The molecule has 7 nitrogen and oxygen atoms in total. The Morgan fingerprint density at radius 1 is 1.35 bits per heavy atom. The lowest BCUT2D eigenvalue weighted by Gasteiger charge is -2.04. The molecule has 118 valence electrons. The molecule has 7 heteroatoms. The second-order valence-electron chi connectivity index (χ2n) is 4.99. The minimum absolute atomic E-state index is 0.0999. The molecule has 3 heterocycles. The quantitative estimate of drug-likeness (QED) is 0.753. The molecule has 3 aromatic rings. The lowest BCUT2D eigenvalue weighted by molar-refractivity contribution is 0.0888. The topological polar surface area (TPSA) is 85.8 Å². The highest BCUT2D eigenvalue weighted by atomic mass is 16.3. The van der Waals surface area contributed by atoms with E-state index >= 15 is 0 Å². The first kappa shape index (κ1) is 15.0. The van der Waals surface area contributed by atoms with Gasteiger partial charge in [-0.15, -0.1) is 5.10 Å². The van der Waals surface area contributed by atoms with E-state index in [9.17, 15) is 4.79 Å². The first-order chi connectivity index (χ1) is 11.3. The third-order valence-electron chi connectivity index (χ3n) is 3.23. The van der Waals surface area contributed by atoms with Gasteiger partial charge in [-0.1, -0.05) is 6.92 Å². The van der Waals surface area contributed by atoms with E-state index < -0.39 is 0 Å². The third-order valence-corrected chi connectivity index (χ3v) is 3.23. The molecule has 0 unspecified atom stereocenters. The van der Waals surface area contributed by atoms with Gasteiger partial charge < -0.3 is 9.73 Å². The zero-order chi connectivity index (χ0) is 16.1. The minimum atomic E-state index is -0.0999. The number of pyridine rings is 1. The van der Waals surface area contributed by atoms with Crippen LogP contribution in [0.3, 0.4) is 0 Å². The summed E-state index contributed by atoms with van der Waals surface area (Å²) in [6.07, 6.45) is 6.11. The summed E-state index contributed by atoms with van der Waals surface area (Å²) in [6.45, 7) is 2.38. The van der Waals surface area contributed by atoms with Crippen LogP contribution in [0.5, 0.6) is 0 Å². The molecule has 23 heavy (non-hydrogen) atoms. The molecule has 0 spiro atoms. The zero-order valence-corrected chi connectivity index (χ0v) is 12.8. The van der Waals surface area contributed by atoms with Gasteiger partial charge in [-0.3, -0.25) is 9.78 Å². The lowest BCUT2D eigenvalue weighted by atomic mass is 10.3. The Labute approximate surface area is 133 Å². The van der Waals surface area contributed by atoms with Gasteiger partial charge in [0.15, 0.2) is 5.82 Å². The van der Waals surface area contributed by atoms with Gasteiger partial charge in [0.1, 0.15) is 5.76 Å². The van der Waals surface area contributed by atoms with Crippen LogP contribution >= 0.6 is 0 Å². The molecule has 0 aromatic carbocycles. The van der Waals surface area contributed by atoms with E-state index in [-0.39, 0.29) is 5.91 Å². The normalized spacial score (nSPS) is 10.7. The van der Waals surface area contributed by atoms with Gasteiger partial charge in [0, 0.05) is 24.4 Å². The fraction of sp³-hybridized carbons (Fsp3) is 0.250. The van der Waals surface area contributed by atoms with E-state index in [0.29, 0.717) is 24.7 Å². The highest BCUT2D eigenvalue weighted by molar-refractivity contribution is 5.81. The molecule has 1 N–H and O–H groups in total. The molecule has 3 aromatic heterocycles. The summed E-state index contributed by atoms with van der Waals surface area (Å²) in [4.78, 5) is 20.7. The molecule has 0 aliphatic rings. The van der Waals surface area contributed by atoms with Crippen molar-refractivity contribution >= 4 is 11.9 Å². The Hall–Kier alpha value is -2.96. The van der Waals surface area contributed by atoms with Crippen LogP contribution in [0.1, 0.15) is 30.3 Å². The average molecular weight is 311 g/mol. The number of aromatic nitrogens is 4. The molecule has 0 atom stereocenters. The van der Waals surface area contributed by atoms with Gasteiger partial charge in [-0.05, 0) is 30.7 Å². The van der Waals surface area contributed by atoms with Crippen LogP contribution in [-0.4, -0.2) is 25.7 Å². The Morgan fingerprint density at radius 2 is 2.26 bits per heavy atom. The number of nitrogens with zero attached hydrogens (tertiary/aromatic N) is 4. The average Bonchev–Trinajstić information content (AvgIpc) is 3.23. The first-order valence-electron chi connectivity index (χ1n) is 7.45. The number of nitrogens with one attached hydrogen (secondary N) is 1. The summed E-state index contributed by atoms with van der Waals surface area (Å²) in [6, 6.07) is 7.32. The third kappa shape index (κ3) is 3.45. The van der Waals surface area contributed by atoms with E-state index in [1.54, 1.807) is 24.7 Å². The molecule has 0 aliphatic carbocycles. The fourth-order valence-electron chi connectivity index (χ4n) is 2.12.